The van der Waals surface area contributed by atoms with Crippen LogP contribution in [0.25, 0.3) is 11.1 Å². The van der Waals surface area contributed by atoms with Crippen LogP contribution in [0.4, 0.5) is 10.5 Å². The summed E-state index contributed by atoms with van der Waals surface area (Å²) in [5, 5.41) is 2.74. The fourth-order valence-corrected chi connectivity index (χ4v) is 3.85. The molecule has 0 saturated heterocycles. The van der Waals surface area contributed by atoms with Gasteiger partial charge in [-0.3, -0.25) is 9.69 Å². The van der Waals surface area contributed by atoms with Gasteiger partial charge in [-0.05, 0) is 62.8 Å². The van der Waals surface area contributed by atoms with Gasteiger partial charge in [0.15, 0.2) is 5.69 Å². The number of amides is 2. The molecule has 2 amide bonds. The number of hydrogen-bond donors (Lipinski definition) is 1. The zero-order valence-electron chi connectivity index (χ0n) is 21.9. The van der Waals surface area contributed by atoms with Crippen molar-refractivity contribution in [3.05, 3.63) is 72.1 Å². The molecule has 0 spiro atoms. The van der Waals surface area contributed by atoms with Crippen LogP contribution >= 0.6 is 0 Å². The summed E-state index contributed by atoms with van der Waals surface area (Å²) < 4.78 is 10.4. The van der Waals surface area contributed by atoms with Gasteiger partial charge in [0.2, 0.25) is 5.91 Å². The molecule has 1 aliphatic rings. The number of methoxy groups -OCH3 is 1. The lowest BCUT2D eigenvalue weighted by Crippen LogP contribution is -2.41. The summed E-state index contributed by atoms with van der Waals surface area (Å²) in [5.41, 5.74) is 2.83. The second-order valence-corrected chi connectivity index (χ2v) is 10.1. The van der Waals surface area contributed by atoms with Crippen LogP contribution in [0.2, 0.25) is 0 Å². The smallest absolute Gasteiger partial charge is 0.411 e. The van der Waals surface area contributed by atoms with E-state index >= 15 is 0 Å². The third kappa shape index (κ3) is 7.12. The van der Waals surface area contributed by atoms with Crippen molar-refractivity contribution in [1.29, 1.82) is 0 Å². The van der Waals surface area contributed by atoms with E-state index in [1.807, 2.05) is 12.1 Å². The Morgan fingerprint density at radius 1 is 1.08 bits per heavy atom. The van der Waals surface area contributed by atoms with Gasteiger partial charge in [0.1, 0.15) is 18.5 Å². The van der Waals surface area contributed by atoms with E-state index in [1.54, 1.807) is 45.3 Å². The largest absolute Gasteiger partial charge is 0.464 e. The van der Waals surface area contributed by atoms with E-state index in [4.69, 9.17) is 9.47 Å². The summed E-state index contributed by atoms with van der Waals surface area (Å²) in [6.45, 7) is 4.91. The van der Waals surface area contributed by atoms with Gasteiger partial charge in [0.25, 0.3) is 0 Å². The van der Waals surface area contributed by atoms with Gasteiger partial charge in [0, 0.05) is 18.0 Å². The number of carbonyl (C=O) groups excluding carboxylic acids is 3. The standard InChI is InChI=1S/C28H31N5O5/c1-28(2,3)38-27(36)33(15-22-10-11-29-17-31-22)16-24(34)32-23-13-21(14-30-25(23)26(35)37-4)20-7-5-6-19(12-20)18-8-9-18/h5-7,10-14,17-18H,8-9,15-16H2,1-4H3,(H,32,34). The lowest BCUT2D eigenvalue weighted by Gasteiger charge is -2.27. The molecular weight excluding hydrogens is 486 g/mol. The van der Waals surface area contributed by atoms with Crippen LogP contribution in [0.1, 0.15) is 61.3 Å². The predicted octanol–water partition coefficient (Wildman–Crippen LogP) is 4.58. The molecule has 38 heavy (non-hydrogen) atoms. The SMILES string of the molecule is COC(=O)c1ncc(-c2cccc(C3CC3)c2)cc1NC(=O)CN(Cc1ccncn1)C(=O)OC(C)(C)C. The molecule has 1 aliphatic carbocycles. The van der Waals surface area contributed by atoms with Crippen molar-refractivity contribution in [2.45, 2.75) is 51.7 Å². The topological polar surface area (TPSA) is 124 Å². The van der Waals surface area contributed by atoms with E-state index in [0.717, 1.165) is 11.1 Å². The second kappa shape index (κ2) is 11.4. The van der Waals surface area contributed by atoms with Gasteiger partial charge in [-0.15, -0.1) is 0 Å². The highest BCUT2D eigenvalue weighted by Gasteiger charge is 2.26. The Labute approximate surface area is 221 Å². The minimum absolute atomic E-state index is 0.0287. The van der Waals surface area contributed by atoms with Gasteiger partial charge >= 0.3 is 12.1 Å². The first-order valence-corrected chi connectivity index (χ1v) is 12.3. The van der Waals surface area contributed by atoms with Crippen molar-refractivity contribution in [3.8, 4) is 11.1 Å². The van der Waals surface area contributed by atoms with Crippen LogP contribution < -0.4 is 5.32 Å². The van der Waals surface area contributed by atoms with Gasteiger partial charge < -0.3 is 14.8 Å². The Kier molecular flexibility index (Phi) is 7.99. The zero-order chi connectivity index (χ0) is 27.3. The highest BCUT2D eigenvalue weighted by Crippen LogP contribution is 2.41. The molecule has 0 unspecified atom stereocenters. The number of aromatic nitrogens is 3. The number of nitrogens with one attached hydrogen (secondary N) is 1. The normalized spacial score (nSPS) is 12.9. The average Bonchev–Trinajstić information content (AvgIpc) is 3.73. The molecule has 1 aromatic carbocycles. The number of ether oxygens (including phenoxy) is 2. The molecular formula is C28H31N5O5. The summed E-state index contributed by atoms with van der Waals surface area (Å²) in [6.07, 6.45) is 6.16. The first-order chi connectivity index (χ1) is 18.1. The second-order valence-electron chi connectivity index (χ2n) is 10.1. The highest BCUT2D eigenvalue weighted by molar-refractivity contribution is 6.01. The fourth-order valence-electron chi connectivity index (χ4n) is 3.85. The molecule has 1 saturated carbocycles. The van der Waals surface area contributed by atoms with Gasteiger partial charge in [0.05, 0.1) is 25.0 Å². The molecule has 4 rings (SSSR count). The third-order valence-corrected chi connectivity index (χ3v) is 5.79. The van der Waals surface area contributed by atoms with Crippen molar-refractivity contribution in [2.24, 2.45) is 0 Å². The van der Waals surface area contributed by atoms with Gasteiger partial charge in [-0.2, -0.15) is 0 Å². The number of esters is 1. The zero-order valence-corrected chi connectivity index (χ0v) is 21.9. The number of anilines is 1. The molecule has 0 aliphatic heterocycles. The minimum atomic E-state index is -0.761. The predicted molar refractivity (Wildman–Crippen MR) is 140 cm³/mol. The van der Waals surface area contributed by atoms with E-state index in [1.165, 1.54) is 36.7 Å². The number of rotatable bonds is 8. The molecule has 10 heteroatoms. The van der Waals surface area contributed by atoms with Crippen molar-refractivity contribution in [3.63, 3.8) is 0 Å². The van der Waals surface area contributed by atoms with E-state index in [0.29, 0.717) is 11.6 Å². The first-order valence-electron chi connectivity index (χ1n) is 12.3. The molecule has 10 nitrogen and oxygen atoms in total. The molecule has 1 fully saturated rings. The molecule has 198 valence electrons. The van der Waals surface area contributed by atoms with Crippen LogP contribution in [-0.2, 0) is 20.8 Å². The number of carbonyl (C=O) groups is 3. The minimum Gasteiger partial charge on any atom is -0.464 e. The summed E-state index contributed by atoms with van der Waals surface area (Å²) in [6, 6.07) is 11.5. The Morgan fingerprint density at radius 3 is 2.53 bits per heavy atom. The van der Waals surface area contributed by atoms with E-state index in [-0.39, 0.29) is 24.5 Å². The Balaban J connectivity index is 1.58. The number of hydrogen-bond acceptors (Lipinski definition) is 8. The number of pyridine rings is 1. The number of nitrogens with zero attached hydrogens (tertiary/aromatic N) is 4. The Bertz CT molecular complexity index is 1320. The van der Waals surface area contributed by atoms with Crippen LogP contribution in [0, 0.1) is 0 Å². The summed E-state index contributed by atoms with van der Waals surface area (Å²) >= 11 is 0. The number of benzene rings is 1. The first kappa shape index (κ1) is 26.7. The van der Waals surface area contributed by atoms with Crippen LogP contribution in [0.5, 0.6) is 0 Å². The highest BCUT2D eigenvalue weighted by atomic mass is 16.6. The van der Waals surface area contributed by atoms with E-state index in [2.05, 4.69) is 32.4 Å². The Morgan fingerprint density at radius 2 is 1.87 bits per heavy atom. The van der Waals surface area contributed by atoms with Crippen molar-refractivity contribution < 1.29 is 23.9 Å². The van der Waals surface area contributed by atoms with Crippen LogP contribution in [-0.4, -0.2) is 57.1 Å². The van der Waals surface area contributed by atoms with E-state index in [9.17, 15) is 14.4 Å². The summed E-state index contributed by atoms with van der Waals surface area (Å²) in [7, 11) is 1.24. The Hall–Kier alpha value is -4.34. The maximum Gasteiger partial charge on any atom is 0.411 e. The quantitative estimate of drug-likeness (QED) is 0.431. The molecule has 2 heterocycles. The van der Waals surface area contributed by atoms with E-state index < -0.39 is 23.6 Å². The third-order valence-electron chi connectivity index (χ3n) is 5.79. The fraction of sp³-hybridized carbons (Fsp3) is 0.357. The summed E-state index contributed by atoms with van der Waals surface area (Å²) in [4.78, 5) is 52.0. The van der Waals surface area contributed by atoms with Gasteiger partial charge in [-0.1, -0.05) is 24.3 Å². The molecule has 0 atom stereocenters. The molecule has 3 aromatic rings. The maximum absolute atomic E-state index is 13.2. The lowest BCUT2D eigenvalue weighted by molar-refractivity contribution is -0.117. The molecule has 2 aromatic heterocycles. The average molecular weight is 518 g/mol. The van der Waals surface area contributed by atoms with Crippen molar-refractivity contribution >= 4 is 23.7 Å². The van der Waals surface area contributed by atoms with Gasteiger partial charge in [-0.25, -0.2) is 24.5 Å². The molecule has 1 N–H and O–H groups in total. The molecule has 0 radical (unpaired) electrons. The van der Waals surface area contributed by atoms with Crippen LogP contribution in [0.3, 0.4) is 0 Å². The summed E-state index contributed by atoms with van der Waals surface area (Å²) in [5.74, 6) is -0.658. The van der Waals surface area contributed by atoms with Crippen molar-refractivity contribution in [1.82, 2.24) is 19.9 Å². The monoisotopic (exact) mass is 517 g/mol. The maximum atomic E-state index is 13.2. The van der Waals surface area contributed by atoms with Crippen molar-refractivity contribution in [2.75, 3.05) is 19.0 Å². The van der Waals surface area contributed by atoms with Crippen LogP contribution in [0.15, 0.2) is 55.1 Å². The lowest BCUT2D eigenvalue weighted by atomic mass is 10.0. The molecule has 0 bridgehead atoms.